The van der Waals surface area contributed by atoms with E-state index in [0.29, 0.717) is 5.56 Å². The number of nitrogens with zero attached hydrogens (tertiary/aromatic N) is 2. The number of para-hydroxylation sites is 1. The molecule has 0 unspecified atom stereocenters. The molecule has 0 fully saturated rings. The second-order valence-corrected chi connectivity index (χ2v) is 13.3. The van der Waals surface area contributed by atoms with E-state index in [1.807, 2.05) is 51.1 Å². The van der Waals surface area contributed by atoms with Crippen molar-refractivity contribution >= 4 is 27.5 Å². The highest BCUT2D eigenvalue weighted by Gasteiger charge is 2.35. The number of benzene rings is 4. The fraction of sp³-hybridized carbons (Fsp3) is 0.235. The summed E-state index contributed by atoms with van der Waals surface area (Å²) >= 11 is 0. The van der Waals surface area contributed by atoms with Crippen molar-refractivity contribution in [3.05, 3.63) is 132 Å². The molecule has 1 atom stereocenters. The molecule has 44 heavy (non-hydrogen) atoms. The Morgan fingerprint density at radius 2 is 1.27 bits per heavy atom. The Balaban J connectivity index is 1.79. The van der Waals surface area contributed by atoms with E-state index < -0.39 is 51.6 Å². The average Bonchev–Trinajstić information content (AvgIpc) is 2.98. The van der Waals surface area contributed by atoms with E-state index >= 15 is 0 Å². The standard InChI is InChI=1S/C34H35F2N3O4S/c1-34(2,3)37-33(41)31(22-25-10-6-4-7-11-25)38(23-26-14-16-27(35)17-15-26)32(40)24-39(29-12-8-5-9-13-29)44(42,43)30-20-18-28(36)19-21-30/h4-21,31H,22-24H2,1-3H3,(H,37,41)/t31-/m0/s1. The Morgan fingerprint density at radius 3 is 1.82 bits per heavy atom. The number of rotatable bonds is 11. The molecule has 0 aliphatic rings. The molecule has 0 heterocycles. The van der Waals surface area contributed by atoms with E-state index in [4.69, 9.17) is 0 Å². The molecular formula is C34H35F2N3O4S. The molecule has 0 aliphatic heterocycles. The van der Waals surface area contributed by atoms with Crippen LogP contribution in [0.15, 0.2) is 114 Å². The molecule has 7 nitrogen and oxygen atoms in total. The van der Waals surface area contributed by atoms with Gasteiger partial charge in [0.05, 0.1) is 10.6 Å². The highest BCUT2D eigenvalue weighted by Crippen LogP contribution is 2.25. The summed E-state index contributed by atoms with van der Waals surface area (Å²) in [6, 6.07) is 26.1. The van der Waals surface area contributed by atoms with E-state index in [1.165, 1.54) is 29.2 Å². The van der Waals surface area contributed by atoms with E-state index in [9.17, 15) is 26.8 Å². The van der Waals surface area contributed by atoms with Crippen LogP contribution in [0, 0.1) is 11.6 Å². The van der Waals surface area contributed by atoms with Gasteiger partial charge in [-0.1, -0.05) is 60.7 Å². The summed E-state index contributed by atoms with van der Waals surface area (Å²) in [5.41, 5.74) is 0.926. The number of carbonyl (C=O) groups is 2. The summed E-state index contributed by atoms with van der Waals surface area (Å²) in [5.74, 6) is -2.15. The van der Waals surface area contributed by atoms with Gasteiger partial charge in [0, 0.05) is 18.5 Å². The van der Waals surface area contributed by atoms with Crippen molar-refractivity contribution in [3.63, 3.8) is 0 Å². The third-order valence-electron chi connectivity index (χ3n) is 6.76. The Hall–Kier alpha value is -4.57. The van der Waals surface area contributed by atoms with Crippen LogP contribution >= 0.6 is 0 Å². The quantitative estimate of drug-likeness (QED) is 0.233. The maximum atomic E-state index is 14.3. The number of carbonyl (C=O) groups excluding carboxylic acids is 2. The zero-order chi connectivity index (χ0) is 31.9. The number of nitrogens with one attached hydrogen (secondary N) is 1. The van der Waals surface area contributed by atoms with Crippen molar-refractivity contribution in [2.45, 2.75) is 50.2 Å². The molecule has 0 saturated carbocycles. The van der Waals surface area contributed by atoms with Gasteiger partial charge in [-0.05, 0) is 80.4 Å². The zero-order valence-electron chi connectivity index (χ0n) is 24.8. The van der Waals surface area contributed by atoms with Gasteiger partial charge < -0.3 is 10.2 Å². The number of hydrogen-bond donors (Lipinski definition) is 1. The van der Waals surface area contributed by atoms with Crippen LogP contribution in [0.3, 0.4) is 0 Å². The van der Waals surface area contributed by atoms with Crippen LogP contribution in [-0.2, 0) is 32.6 Å². The molecule has 0 bridgehead atoms. The van der Waals surface area contributed by atoms with E-state index in [2.05, 4.69) is 5.32 Å². The molecule has 0 radical (unpaired) electrons. The topological polar surface area (TPSA) is 86.8 Å². The normalized spacial score (nSPS) is 12.3. The third-order valence-corrected chi connectivity index (χ3v) is 8.55. The monoisotopic (exact) mass is 619 g/mol. The molecule has 0 aromatic heterocycles. The van der Waals surface area contributed by atoms with Crippen molar-refractivity contribution in [1.82, 2.24) is 10.2 Å². The van der Waals surface area contributed by atoms with Crippen molar-refractivity contribution < 1.29 is 26.8 Å². The average molecular weight is 620 g/mol. The van der Waals surface area contributed by atoms with E-state index in [-0.39, 0.29) is 23.5 Å². The minimum absolute atomic E-state index is 0.0899. The minimum Gasteiger partial charge on any atom is -0.350 e. The summed E-state index contributed by atoms with van der Waals surface area (Å²) in [6.45, 7) is 4.72. The summed E-state index contributed by atoms with van der Waals surface area (Å²) in [7, 11) is -4.34. The Morgan fingerprint density at radius 1 is 0.750 bits per heavy atom. The molecule has 4 aromatic rings. The first kappa shape index (κ1) is 32.3. The fourth-order valence-electron chi connectivity index (χ4n) is 4.65. The van der Waals surface area contributed by atoms with Crippen LogP contribution in [0.4, 0.5) is 14.5 Å². The summed E-state index contributed by atoms with van der Waals surface area (Å²) in [4.78, 5) is 29.3. The number of anilines is 1. The molecule has 4 aromatic carbocycles. The predicted octanol–water partition coefficient (Wildman–Crippen LogP) is 5.71. The lowest BCUT2D eigenvalue weighted by Crippen LogP contribution is -2.56. The molecule has 1 N–H and O–H groups in total. The van der Waals surface area contributed by atoms with Gasteiger partial charge in [0.15, 0.2) is 0 Å². The van der Waals surface area contributed by atoms with Gasteiger partial charge >= 0.3 is 0 Å². The van der Waals surface area contributed by atoms with Crippen LogP contribution in [0.5, 0.6) is 0 Å². The van der Waals surface area contributed by atoms with Crippen molar-refractivity contribution in [1.29, 1.82) is 0 Å². The number of halogens is 2. The second-order valence-electron chi connectivity index (χ2n) is 11.4. The number of sulfonamides is 1. The van der Waals surface area contributed by atoms with Crippen LogP contribution in [0.1, 0.15) is 31.9 Å². The van der Waals surface area contributed by atoms with Gasteiger partial charge in [0.2, 0.25) is 11.8 Å². The highest BCUT2D eigenvalue weighted by atomic mass is 32.2. The molecule has 0 spiro atoms. The molecular weight excluding hydrogens is 584 g/mol. The van der Waals surface area contributed by atoms with Gasteiger partial charge in [-0.25, -0.2) is 17.2 Å². The molecule has 4 rings (SSSR count). The maximum absolute atomic E-state index is 14.3. The number of amides is 2. The van der Waals surface area contributed by atoms with Crippen molar-refractivity contribution in [3.8, 4) is 0 Å². The first-order chi connectivity index (χ1) is 20.8. The lowest BCUT2D eigenvalue weighted by Gasteiger charge is -2.35. The first-order valence-corrected chi connectivity index (χ1v) is 15.5. The van der Waals surface area contributed by atoms with Crippen molar-refractivity contribution in [2.75, 3.05) is 10.8 Å². The van der Waals surface area contributed by atoms with Gasteiger partial charge in [-0.2, -0.15) is 0 Å². The SMILES string of the molecule is CC(C)(C)NC(=O)[C@H](Cc1ccccc1)N(Cc1ccc(F)cc1)C(=O)CN(c1ccccc1)S(=O)(=O)c1ccc(F)cc1. The molecule has 0 saturated heterocycles. The fourth-order valence-corrected chi connectivity index (χ4v) is 6.06. The van der Waals surface area contributed by atoms with Crippen LogP contribution < -0.4 is 9.62 Å². The third kappa shape index (κ3) is 8.50. The Bertz CT molecular complexity index is 1660. The van der Waals surface area contributed by atoms with Crippen LogP contribution in [0.25, 0.3) is 0 Å². The number of hydrogen-bond acceptors (Lipinski definition) is 4. The second kappa shape index (κ2) is 13.8. The highest BCUT2D eigenvalue weighted by molar-refractivity contribution is 7.92. The summed E-state index contributed by atoms with van der Waals surface area (Å²) < 4.78 is 56.2. The minimum atomic E-state index is -4.34. The Kier molecular flexibility index (Phi) is 10.2. The van der Waals surface area contributed by atoms with Crippen LogP contribution in [0.2, 0.25) is 0 Å². The molecule has 0 aliphatic carbocycles. The molecule has 10 heteroatoms. The van der Waals surface area contributed by atoms with Crippen LogP contribution in [-0.4, -0.2) is 43.3 Å². The largest absolute Gasteiger partial charge is 0.350 e. The maximum Gasteiger partial charge on any atom is 0.264 e. The van der Waals surface area contributed by atoms with Gasteiger partial charge in [0.1, 0.15) is 24.2 Å². The Labute approximate surface area is 257 Å². The van der Waals surface area contributed by atoms with Gasteiger partial charge in [-0.15, -0.1) is 0 Å². The predicted molar refractivity (Wildman–Crippen MR) is 166 cm³/mol. The van der Waals surface area contributed by atoms with Crippen molar-refractivity contribution in [2.24, 2.45) is 0 Å². The summed E-state index contributed by atoms with van der Waals surface area (Å²) in [6.07, 6.45) is 0.145. The smallest absolute Gasteiger partial charge is 0.264 e. The zero-order valence-corrected chi connectivity index (χ0v) is 25.6. The summed E-state index contributed by atoms with van der Waals surface area (Å²) in [5, 5.41) is 2.96. The van der Waals surface area contributed by atoms with E-state index in [1.54, 1.807) is 30.3 Å². The van der Waals surface area contributed by atoms with Gasteiger partial charge in [0.25, 0.3) is 10.0 Å². The van der Waals surface area contributed by atoms with E-state index in [0.717, 1.165) is 34.1 Å². The lowest BCUT2D eigenvalue weighted by atomic mass is 10.0. The molecule has 2 amide bonds. The molecule has 230 valence electrons. The van der Waals surface area contributed by atoms with Gasteiger partial charge in [-0.3, -0.25) is 13.9 Å². The first-order valence-electron chi connectivity index (χ1n) is 14.1. The lowest BCUT2D eigenvalue weighted by molar-refractivity contribution is -0.140.